The fraction of sp³-hybridized carbons (Fsp3) is 0.944. The van der Waals surface area contributed by atoms with E-state index < -0.39 is 31.3 Å². The van der Waals surface area contributed by atoms with E-state index >= 15 is 0 Å². The Bertz CT molecular complexity index is 467. The molecule has 27 heavy (non-hydrogen) atoms. The van der Waals surface area contributed by atoms with Gasteiger partial charge in [-0.1, -0.05) is 26.7 Å². The number of halogens is 1. The molecule has 0 unspecified atom stereocenters. The molecule has 0 aromatic rings. The first-order valence-electron chi connectivity index (χ1n) is 9.56. The Morgan fingerprint density at radius 2 is 1.52 bits per heavy atom. The third-order valence-corrected chi connectivity index (χ3v) is 5.11. The number of carbonyl (C=O) groups excluding carboxylic acids is 1. The summed E-state index contributed by atoms with van der Waals surface area (Å²) in [5.74, 6) is 0. The zero-order valence-corrected chi connectivity index (χ0v) is 18.7. The summed E-state index contributed by atoms with van der Waals surface area (Å²) in [5.41, 5.74) is -2.18. The summed E-state index contributed by atoms with van der Waals surface area (Å²) in [6, 6.07) is 0. The molecule has 0 aromatic carbocycles. The van der Waals surface area contributed by atoms with Gasteiger partial charge in [-0.2, -0.15) is 0 Å². The molecule has 7 nitrogen and oxygen atoms in total. The van der Waals surface area contributed by atoms with E-state index in [0.29, 0.717) is 12.8 Å². The van der Waals surface area contributed by atoms with Crippen LogP contribution < -0.4 is 5.32 Å². The molecule has 0 aliphatic heterocycles. The minimum atomic E-state index is -3.92. The van der Waals surface area contributed by atoms with Crippen LogP contribution in [0.15, 0.2) is 0 Å². The van der Waals surface area contributed by atoms with Crippen LogP contribution in [0.3, 0.4) is 0 Å². The first-order chi connectivity index (χ1) is 12.4. The van der Waals surface area contributed by atoms with Crippen LogP contribution in [0.5, 0.6) is 0 Å². The number of nitrogens with one attached hydrogen (secondary N) is 1. The summed E-state index contributed by atoms with van der Waals surface area (Å²) < 4.78 is 48.7. The molecule has 1 amide bonds. The Labute approximate surface area is 163 Å². The van der Waals surface area contributed by atoms with Crippen LogP contribution in [0.2, 0.25) is 0 Å². The molecule has 0 radical (unpaired) electrons. The van der Waals surface area contributed by atoms with E-state index in [1.807, 2.05) is 13.8 Å². The van der Waals surface area contributed by atoms with Crippen molar-refractivity contribution in [3.63, 3.8) is 0 Å². The van der Waals surface area contributed by atoms with Crippen molar-refractivity contribution in [1.29, 1.82) is 0 Å². The summed E-state index contributed by atoms with van der Waals surface area (Å²) in [7, 11) is -3.92. The fourth-order valence-electron chi connectivity index (χ4n) is 1.81. The molecule has 0 bridgehead atoms. The number of unbranched alkanes of at least 4 members (excludes halogenated alkanes) is 2. The standard InChI is InChI=1S/C18H37FNO6P/c1-8-10-12-23-27(22,24-13-11-9-2)26-18(6,7)15(19)14-20-16(21)25-17(3,4)5/h15H,8-14H2,1-7H3,(H,20,21)/t15-/m1/s1. The number of phosphoric ester groups is 1. The topological polar surface area (TPSA) is 83.1 Å². The second-order valence-corrected chi connectivity index (χ2v) is 9.46. The van der Waals surface area contributed by atoms with Crippen molar-refractivity contribution < 1.29 is 32.1 Å². The number of phosphoric acid groups is 1. The second kappa shape index (κ2) is 12.0. The third kappa shape index (κ3) is 12.4. The van der Waals surface area contributed by atoms with Gasteiger partial charge in [0.25, 0.3) is 0 Å². The van der Waals surface area contributed by atoms with Crippen LogP contribution in [0.4, 0.5) is 9.18 Å². The van der Waals surface area contributed by atoms with E-state index in [1.165, 1.54) is 13.8 Å². The summed E-state index contributed by atoms with van der Waals surface area (Å²) in [5, 5.41) is 2.35. The lowest BCUT2D eigenvalue weighted by Crippen LogP contribution is -2.44. The van der Waals surface area contributed by atoms with Crippen molar-refractivity contribution in [3.05, 3.63) is 0 Å². The van der Waals surface area contributed by atoms with Crippen molar-refractivity contribution in [2.24, 2.45) is 0 Å². The lowest BCUT2D eigenvalue weighted by atomic mass is 10.0. The first-order valence-corrected chi connectivity index (χ1v) is 11.0. The minimum absolute atomic E-state index is 0.198. The highest BCUT2D eigenvalue weighted by atomic mass is 31.2. The molecule has 0 saturated heterocycles. The predicted molar refractivity (Wildman–Crippen MR) is 104 cm³/mol. The molecule has 0 rings (SSSR count). The molecule has 1 atom stereocenters. The van der Waals surface area contributed by atoms with Crippen LogP contribution in [-0.2, 0) is 22.9 Å². The average molecular weight is 413 g/mol. The molecular weight excluding hydrogens is 376 g/mol. The molecule has 0 saturated carbocycles. The maximum atomic E-state index is 14.7. The van der Waals surface area contributed by atoms with E-state index in [2.05, 4.69) is 5.32 Å². The Hall–Kier alpha value is -0.690. The van der Waals surface area contributed by atoms with Gasteiger partial charge < -0.3 is 10.1 Å². The molecule has 0 aliphatic rings. The molecule has 0 spiro atoms. The van der Waals surface area contributed by atoms with E-state index in [1.54, 1.807) is 20.8 Å². The number of amides is 1. The van der Waals surface area contributed by atoms with E-state index in [4.69, 9.17) is 18.3 Å². The SMILES string of the molecule is CCCCOP(=O)(OCCCC)OC(C)(C)[C@H](F)CNC(=O)OC(C)(C)C. The highest BCUT2D eigenvalue weighted by Gasteiger charge is 2.41. The number of rotatable bonds is 13. The molecular formula is C18H37FNO6P. The highest BCUT2D eigenvalue weighted by molar-refractivity contribution is 7.48. The number of alkyl halides is 1. The smallest absolute Gasteiger partial charge is 0.444 e. The molecule has 0 aromatic heterocycles. The molecule has 0 fully saturated rings. The normalized spacial score (nSPS) is 14.1. The monoisotopic (exact) mass is 413 g/mol. The van der Waals surface area contributed by atoms with Crippen molar-refractivity contribution in [3.8, 4) is 0 Å². The van der Waals surface area contributed by atoms with Crippen molar-refractivity contribution in [2.75, 3.05) is 19.8 Å². The first kappa shape index (κ1) is 26.3. The largest absolute Gasteiger partial charge is 0.475 e. The maximum Gasteiger partial charge on any atom is 0.475 e. The second-order valence-electron chi connectivity index (χ2n) is 7.87. The zero-order chi connectivity index (χ0) is 21.1. The van der Waals surface area contributed by atoms with Crippen molar-refractivity contribution in [2.45, 2.75) is 91.5 Å². The van der Waals surface area contributed by atoms with Gasteiger partial charge in [0.1, 0.15) is 17.4 Å². The van der Waals surface area contributed by atoms with Gasteiger partial charge in [0.15, 0.2) is 0 Å². The van der Waals surface area contributed by atoms with Gasteiger partial charge in [-0.25, -0.2) is 13.8 Å². The Morgan fingerprint density at radius 3 is 1.93 bits per heavy atom. The summed E-state index contributed by atoms with van der Waals surface area (Å²) in [4.78, 5) is 11.7. The van der Waals surface area contributed by atoms with E-state index in [-0.39, 0.29) is 19.8 Å². The van der Waals surface area contributed by atoms with Gasteiger partial charge in [0, 0.05) is 0 Å². The van der Waals surface area contributed by atoms with Crippen LogP contribution in [0.1, 0.15) is 74.1 Å². The molecule has 0 heterocycles. The van der Waals surface area contributed by atoms with Gasteiger partial charge in [-0.3, -0.25) is 13.6 Å². The van der Waals surface area contributed by atoms with E-state index in [9.17, 15) is 13.8 Å². The van der Waals surface area contributed by atoms with Gasteiger partial charge in [-0.15, -0.1) is 0 Å². The lowest BCUT2D eigenvalue weighted by Gasteiger charge is -2.32. The highest BCUT2D eigenvalue weighted by Crippen LogP contribution is 2.53. The summed E-state index contributed by atoms with van der Waals surface area (Å²) >= 11 is 0. The number of ether oxygens (including phenoxy) is 1. The Kier molecular flexibility index (Phi) is 11.7. The van der Waals surface area contributed by atoms with Gasteiger partial charge in [-0.05, 0) is 47.5 Å². The number of alkyl carbamates (subject to hydrolysis) is 1. The number of hydrogen-bond donors (Lipinski definition) is 1. The Balaban J connectivity index is 4.83. The van der Waals surface area contributed by atoms with Crippen LogP contribution in [0, 0.1) is 0 Å². The fourth-order valence-corrected chi connectivity index (χ4v) is 3.39. The predicted octanol–water partition coefficient (Wildman–Crippen LogP) is 5.39. The molecule has 9 heteroatoms. The average Bonchev–Trinajstić information content (AvgIpc) is 2.51. The van der Waals surface area contributed by atoms with E-state index in [0.717, 1.165) is 12.8 Å². The molecule has 0 aliphatic carbocycles. The number of carbonyl (C=O) groups is 1. The quantitative estimate of drug-likeness (QED) is 0.322. The van der Waals surface area contributed by atoms with Crippen molar-refractivity contribution >= 4 is 13.9 Å². The molecule has 1 N–H and O–H groups in total. The maximum absolute atomic E-state index is 14.7. The van der Waals surface area contributed by atoms with Crippen LogP contribution in [-0.4, -0.2) is 43.2 Å². The third-order valence-electron chi connectivity index (χ3n) is 3.42. The van der Waals surface area contributed by atoms with Gasteiger partial charge >= 0.3 is 13.9 Å². The number of hydrogen-bond acceptors (Lipinski definition) is 6. The van der Waals surface area contributed by atoms with Gasteiger partial charge in [0.05, 0.1) is 19.8 Å². The Morgan fingerprint density at radius 1 is 1.04 bits per heavy atom. The van der Waals surface area contributed by atoms with Gasteiger partial charge in [0.2, 0.25) is 0 Å². The zero-order valence-electron chi connectivity index (χ0n) is 17.8. The van der Waals surface area contributed by atoms with Crippen molar-refractivity contribution in [1.82, 2.24) is 5.32 Å². The van der Waals surface area contributed by atoms with Crippen LogP contribution in [0.25, 0.3) is 0 Å². The summed E-state index contributed by atoms with van der Waals surface area (Å²) in [6.45, 7) is 12.0. The molecule has 162 valence electrons. The minimum Gasteiger partial charge on any atom is -0.444 e. The summed E-state index contributed by atoms with van der Waals surface area (Å²) in [6.07, 6.45) is 0.688. The lowest BCUT2D eigenvalue weighted by molar-refractivity contribution is -0.0207. The van der Waals surface area contributed by atoms with Crippen LogP contribution >= 0.6 is 7.82 Å².